The molecule has 0 saturated heterocycles. The number of halogens is 3. The van der Waals surface area contributed by atoms with Crippen LogP contribution < -0.4 is 11.1 Å². The van der Waals surface area contributed by atoms with E-state index in [0.29, 0.717) is 0 Å². The van der Waals surface area contributed by atoms with Crippen LogP contribution in [0.5, 0.6) is 0 Å². The second-order valence-electron chi connectivity index (χ2n) is 3.78. The van der Waals surface area contributed by atoms with Gasteiger partial charge in [0.1, 0.15) is 11.6 Å². The first kappa shape index (κ1) is 13.3. The number of carbonyl (C=O) groups is 1. The van der Waals surface area contributed by atoms with E-state index in [9.17, 15) is 13.6 Å². The molecule has 0 heterocycles. The number of para-hydroxylation sites is 1. The summed E-state index contributed by atoms with van der Waals surface area (Å²) in [6.45, 7) is 0. The molecule has 2 aromatic carbocycles. The molecular formula is C13H9ClF2N2O. The molecule has 0 bridgehead atoms. The van der Waals surface area contributed by atoms with Crippen molar-refractivity contribution in [1.29, 1.82) is 0 Å². The fourth-order valence-corrected chi connectivity index (χ4v) is 1.75. The van der Waals surface area contributed by atoms with Crippen molar-refractivity contribution in [3.8, 4) is 0 Å². The van der Waals surface area contributed by atoms with Gasteiger partial charge in [-0.15, -0.1) is 0 Å². The SMILES string of the molecule is Nc1cccc(Cl)c1NC(=O)c1cc(F)ccc1F. The first-order valence-corrected chi connectivity index (χ1v) is 5.67. The molecule has 1 amide bonds. The largest absolute Gasteiger partial charge is 0.397 e. The predicted molar refractivity (Wildman–Crippen MR) is 70.2 cm³/mol. The highest BCUT2D eigenvalue weighted by atomic mass is 35.5. The van der Waals surface area contributed by atoms with Crippen LogP contribution in [0.2, 0.25) is 5.02 Å². The molecule has 0 spiro atoms. The van der Waals surface area contributed by atoms with Crippen molar-refractivity contribution < 1.29 is 13.6 Å². The minimum Gasteiger partial charge on any atom is -0.397 e. The first-order valence-electron chi connectivity index (χ1n) is 5.29. The van der Waals surface area contributed by atoms with Crippen molar-refractivity contribution in [2.24, 2.45) is 0 Å². The third-order valence-electron chi connectivity index (χ3n) is 2.46. The minimum absolute atomic E-state index is 0.165. The molecule has 19 heavy (non-hydrogen) atoms. The molecule has 0 saturated carbocycles. The first-order chi connectivity index (χ1) is 8.99. The van der Waals surface area contributed by atoms with Gasteiger partial charge >= 0.3 is 0 Å². The number of nitrogens with two attached hydrogens (primary N) is 1. The lowest BCUT2D eigenvalue weighted by Gasteiger charge is -2.10. The average Bonchev–Trinajstić information content (AvgIpc) is 2.37. The quantitative estimate of drug-likeness (QED) is 0.829. The van der Waals surface area contributed by atoms with Gasteiger partial charge in [0.05, 0.1) is 22.0 Å². The number of rotatable bonds is 2. The van der Waals surface area contributed by atoms with Crippen LogP contribution in [-0.2, 0) is 0 Å². The summed E-state index contributed by atoms with van der Waals surface area (Å²) in [6, 6.07) is 7.27. The average molecular weight is 283 g/mol. The maximum atomic E-state index is 13.4. The molecule has 2 rings (SSSR count). The van der Waals surface area contributed by atoms with E-state index in [2.05, 4.69) is 5.32 Å². The van der Waals surface area contributed by atoms with Crippen LogP contribution in [0.3, 0.4) is 0 Å². The highest BCUT2D eigenvalue weighted by Crippen LogP contribution is 2.28. The van der Waals surface area contributed by atoms with Crippen molar-refractivity contribution in [1.82, 2.24) is 0 Å². The summed E-state index contributed by atoms with van der Waals surface area (Å²) in [4.78, 5) is 11.9. The molecule has 98 valence electrons. The zero-order valence-electron chi connectivity index (χ0n) is 9.58. The van der Waals surface area contributed by atoms with Gasteiger partial charge in [0.2, 0.25) is 0 Å². The Morgan fingerprint density at radius 3 is 2.63 bits per heavy atom. The number of benzene rings is 2. The second-order valence-corrected chi connectivity index (χ2v) is 4.19. The molecule has 0 radical (unpaired) electrons. The van der Waals surface area contributed by atoms with Gasteiger partial charge < -0.3 is 11.1 Å². The van der Waals surface area contributed by atoms with Gasteiger partial charge in [0.15, 0.2) is 0 Å². The van der Waals surface area contributed by atoms with E-state index in [-0.39, 0.29) is 16.4 Å². The molecule has 0 atom stereocenters. The van der Waals surface area contributed by atoms with Gasteiger partial charge in [-0.3, -0.25) is 4.79 Å². The van der Waals surface area contributed by atoms with Crippen LogP contribution in [0, 0.1) is 11.6 Å². The molecule has 0 unspecified atom stereocenters. The van der Waals surface area contributed by atoms with E-state index < -0.39 is 23.1 Å². The molecule has 2 aromatic rings. The zero-order chi connectivity index (χ0) is 14.0. The van der Waals surface area contributed by atoms with Crippen molar-refractivity contribution in [2.45, 2.75) is 0 Å². The molecule has 3 N–H and O–H groups in total. The summed E-state index contributed by atoms with van der Waals surface area (Å²) in [5.41, 5.74) is 5.63. The third kappa shape index (κ3) is 2.82. The fourth-order valence-electron chi connectivity index (χ4n) is 1.53. The normalized spacial score (nSPS) is 10.3. The Kier molecular flexibility index (Phi) is 3.66. The number of hydrogen-bond acceptors (Lipinski definition) is 2. The summed E-state index contributed by atoms with van der Waals surface area (Å²) in [5, 5.41) is 2.57. The highest BCUT2D eigenvalue weighted by molar-refractivity contribution is 6.34. The summed E-state index contributed by atoms with van der Waals surface area (Å²) in [5.74, 6) is -2.36. The number of nitrogen functional groups attached to an aromatic ring is 1. The molecule has 0 aromatic heterocycles. The maximum absolute atomic E-state index is 13.4. The molecule has 0 aliphatic carbocycles. The van der Waals surface area contributed by atoms with Gasteiger partial charge in [0, 0.05) is 0 Å². The standard InChI is InChI=1S/C13H9ClF2N2O/c14-9-2-1-3-11(17)12(9)18-13(19)8-6-7(15)4-5-10(8)16/h1-6H,17H2,(H,18,19). The minimum atomic E-state index is -0.829. The highest BCUT2D eigenvalue weighted by Gasteiger charge is 2.15. The van der Waals surface area contributed by atoms with E-state index in [1.807, 2.05) is 0 Å². The number of carbonyl (C=O) groups excluding carboxylic acids is 1. The molecule has 0 fully saturated rings. The Morgan fingerprint density at radius 2 is 1.95 bits per heavy atom. The Hall–Kier alpha value is -2.14. The molecule has 0 aliphatic rings. The van der Waals surface area contributed by atoms with Gasteiger partial charge in [0.25, 0.3) is 5.91 Å². The van der Waals surface area contributed by atoms with E-state index in [4.69, 9.17) is 17.3 Å². The Morgan fingerprint density at radius 1 is 1.21 bits per heavy atom. The Bertz CT molecular complexity index is 626. The van der Waals surface area contributed by atoms with Gasteiger partial charge in [-0.25, -0.2) is 8.78 Å². The summed E-state index contributed by atoms with van der Waals surface area (Å²) in [7, 11) is 0. The van der Waals surface area contributed by atoms with E-state index >= 15 is 0 Å². The smallest absolute Gasteiger partial charge is 0.258 e. The summed E-state index contributed by atoms with van der Waals surface area (Å²) in [6.07, 6.45) is 0. The second kappa shape index (κ2) is 5.24. The maximum Gasteiger partial charge on any atom is 0.258 e. The van der Waals surface area contributed by atoms with Gasteiger partial charge in [-0.05, 0) is 30.3 Å². The van der Waals surface area contributed by atoms with E-state index in [1.165, 1.54) is 12.1 Å². The van der Waals surface area contributed by atoms with Crippen LogP contribution in [0.1, 0.15) is 10.4 Å². The van der Waals surface area contributed by atoms with Crippen molar-refractivity contribution in [3.05, 3.63) is 58.6 Å². The van der Waals surface area contributed by atoms with Crippen molar-refractivity contribution >= 4 is 28.9 Å². The number of amides is 1. The summed E-state index contributed by atoms with van der Waals surface area (Å²) < 4.78 is 26.4. The van der Waals surface area contributed by atoms with Gasteiger partial charge in [-0.1, -0.05) is 17.7 Å². The number of anilines is 2. The monoisotopic (exact) mass is 282 g/mol. The van der Waals surface area contributed by atoms with Crippen LogP contribution in [0.25, 0.3) is 0 Å². The molecular weight excluding hydrogens is 274 g/mol. The third-order valence-corrected chi connectivity index (χ3v) is 2.77. The molecule has 6 heteroatoms. The van der Waals surface area contributed by atoms with E-state index in [0.717, 1.165) is 18.2 Å². The number of hydrogen-bond donors (Lipinski definition) is 2. The van der Waals surface area contributed by atoms with Crippen LogP contribution in [0.4, 0.5) is 20.2 Å². The predicted octanol–water partition coefficient (Wildman–Crippen LogP) is 3.45. The Labute approximate surface area is 113 Å². The molecule has 3 nitrogen and oxygen atoms in total. The number of nitrogens with one attached hydrogen (secondary N) is 1. The fraction of sp³-hybridized carbons (Fsp3) is 0. The molecule has 0 aliphatic heterocycles. The summed E-state index contributed by atoms with van der Waals surface area (Å²) >= 11 is 5.87. The van der Waals surface area contributed by atoms with Crippen molar-refractivity contribution in [3.63, 3.8) is 0 Å². The zero-order valence-corrected chi connectivity index (χ0v) is 10.3. The van der Waals surface area contributed by atoms with Crippen LogP contribution >= 0.6 is 11.6 Å². The van der Waals surface area contributed by atoms with Crippen molar-refractivity contribution in [2.75, 3.05) is 11.1 Å². The Balaban J connectivity index is 2.34. The lowest BCUT2D eigenvalue weighted by atomic mass is 10.2. The van der Waals surface area contributed by atoms with Gasteiger partial charge in [-0.2, -0.15) is 0 Å². The van der Waals surface area contributed by atoms with Crippen LogP contribution in [-0.4, -0.2) is 5.91 Å². The lowest BCUT2D eigenvalue weighted by Crippen LogP contribution is -2.15. The van der Waals surface area contributed by atoms with Crippen LogP contribution in [0.15, 0.2) is 36.4 Å². The topological polar surface area (TPSA) is 55.1 Å². The van der Waals surface area contributed by atoms with E-state index in [1.54, 1.807) is 6.07 Å². The lowest BCUT2D eigenvalue weighted by molar-refractivity contribution is 0.102.